The van der Waals surface area contributed by atoms with Gasteiger partial charge in [-0.15, -0.1) is 0 Å². The first-order chi connectivity index (χ1) is 14.1. The predicted octanol–water partition coefficient (Wildman–Crippen LogP) is 4.82. The summed E-state index contributed by atoms with van der Waals surface area (Å²) in [6.45, 7) is 4.18. The van der Waals surface area contributed by atoms with E-state index < -0.39 is 0 Å². The van der Waals surface area contributed by atoms with E-state index in [0.29, 0.717) is 23.4 Å². The Morgan fingerprint density at radius 1 is 0.862 bits per heavy atom. The highest BCUT2D eigenvalue weighted by Gasteiger charge is 2.10. The topological polar surface area (TPSA) is 80.3 Å². The number of carbonyl (C=O) groups excluding carboxylic acids is 2. The Kier molecular flexibility index (Phi) is 6.58. The molecular formula is C23H23N3O3. The van der Waals surface area contributed by atoms with E-state index in [1.54, 1.807) is 43.5 Å². The fraction of sp³-hybridized carbons (Fsp3) is 0.174. The second kappa shape index (κ2) is 9.50. The molecule has 1 heterocycles. The van der Waals surface area contributed by atoms with Gasteiger partial charge in [-0.25, -0.2) is 4.79 Å². The van der Waals surface area contributed by atoms with Gasteiger partial charge in [-0.3, -0.25) is 9.78 Å². The van der Waals surface area contributed by atoms with Crippen LogP contribution < -0.4 is 10.6 Å². The van der Waals surface area contributed by atoms with Gasteiger partial charge in [0.25, 0.3) is 5.91 Å². The molecule has 3 rings (SSSR count). The average molecular weight is 389 g/mol. The van der Waals surface area contributed by atoms with Crippen LogP contribution in [-0.2, 0) is 11.2 Å². The predicted molar refractivity (Wildman–Crippen MR) is 114 cm³/mol. The van der Waals surface area contributed by atoms with E-state index in [4.69, 9.17) is 4.74 Å². The zero-order chi connectivity index (χ0) is 20.6. The molecule has 0 aliphatic heterocycles. The number of esters is 1. The van der Waals surface area contributed by atoms with E-state index in [2.05, 4.69) is 34.7 Å². The van der Waals surface area contributed by atoms with E-state index >= 15 is 0 Å². The molecular weight excluding hydrogens is 366 g/mol. The number of rotatable bonds is 7. The SMILES string of the molecule is CCOC(=O)c1ccc(NC(=O)c2cncc(Nc3ccc(CC)cc3)c2)cc1. The van der Waals surface area contributed by atoms with Gasteiger partial charge in [0.05, 0.1) is 29.6 Å². The first-order valence-corrected chi connectivity index (χ1v) is 9.48. The number of hydrogen-bond donors (Lipinski definition) is 2. The van der Waals surface area contributed by atoms with Crippen molar-refractivity contribution in [3.8, 4) is 0 Å². The monoisotopic (exact) mass is 389 g/mol. The molecule has 0 aliphatic rings. The lowest BCUT2D eigenvalue weighted by Gasteiger charge is -2.09. The van der Waals surface area contributed by atoms with Crippen LogP contribution in [0, 0.1) is 0 Å². The Morgan fingerprint density at radius 3 is 2.21 bits per heavy atom. The molecule has 6 heteroatoms. The van der Waals surface area contributed by atoms with Crippen molar-refractivity contribution in [1.29, 1.82) is 0 Å². The van der Waals surface area contributed by atoms with E-state index in [-0.39, 0.29) is 11.9 Å². The van der Waals surface area contributed by atoms with Crippen LogP contribution in [0.1, 0.15) is 40.1 Å². The third-order valence-electron chi connectivity index (χ3n) is 4.31. The van der Waals surface area contributed by atoms with Crippen LogP contribution >= 0.6 is 0 Å². The fourth-order valence-electron chi connectivity index (χ4n) is 2.73. The number of hydrogen-bond acceptors (Lipinski definition) is 5. The number of nitrogens with one attached hydrogen (secondary N) is 2. The van der Waals surface area contributed by atoms with Crippen molar-refractivity contribution in [1.82, 2.24) is 4.98 Å². The summed E-state index contributed by atoms with van der Waals surface area (Å²) < 4.78 is 4.95. The van der Waals surface area contributed by atoms with Crippen molar-refractivity contribution in [2.24, 2.45) is 0 Å². The van der Waals surface area contributed by atoms with Crippen molar-refractivity contribution in [3.63, 3.8) is 0 Å². The molecule has 0 aliphatic carbocycles. The minimum atomic E-state index is -0.389. The summed E-state index contributed by atoms with van der Waals surface area (Å²) in [5.74, 6) is -0.674. The van der Waals surface area contributed by atoms with Gasteiger partial charge in [-0.05, 0) is 61.4 Å². The second-order valence-electron chi connectivity index (χ2n) is 6.39. The molecule has 29 heavy (non-hydrogen) atoms. The summed E-state index contributed by atoms with van der Waals surface area (Å²) in [6.07, 6.45) is 4.16. The molecule has 0 radical (unpaired) electrons. The zero-order valence-corrected chi connectivity index (χ0v) is 16.4. The Labute approximate surface area is 169 Å². The van der Waals surface area contributed by atoms with Gasteiger partial charge < -0.3 is 15.4 Å². The molecule has 2 aromatic carbocycles. The molecule has 1 aromatic heterocycles. The number of ether oxygens (including phenoxy) is 1. The van der Waals surface area contributed by atoms with Gasteiger partial charge in [-0.2, -0.15) is 0 Å². The van der Waals surface area contributed by atoms with Crippen LogP contribution in [0.25, 0.3) is 0 Å². The number of aryl methyl sites for hydroxylation is 1. The highest BCUT2D eigenvalue weighted by molar-refractivity contribution is 6.04. The third-order valence-corrected chi connectivity index (χ3v) is 4.31. The van der Waals surface area contributed by atoms with Gasteiger partial charge in [-0.1, -0.05) is 19.1 Å². The number of amides is 1. The summed E-state index contributed by atoms with van der Waals surface area (Å²) in [6, 6.07) is 16.4. The largest absolute Gasteiger partial charge is 0.462 e. The fourth-order valence-corrected chi connectivity index (χ4v) is 2.73. The van der Waals surface area contributed by atoms with Crippen molar-refractivity contribution >= 4 is 28.9 Å². The smallest absolute Gasteiger partial charge is 0.338 e. The van der Waals surface area contributed by atoms with Gasteiger partial charge in [0.2, 0.25) is 0 Å². The number of benzene rings is 2. The quantitative estimate of drug-likeness (QED) is 0.567. The third kappa shape index (κ3) is 5.42. The van der Waals surface area contributed by atoms with Crippen LogP contribution in [0.3, 0.4) is 0 Å². The van der Waals surface area contributed by atoms with Crippen molar-refractivity contribution in [2.45, 2.75) is 20.3 Å². The van der Waals surface area contributed by atoms with Crippen LogP contribution in [-0.4, -0.2) is 23.5 Å². The first kappa shape index (κ1) is 20.1. The highest BCUT2D eigenvalue weighted by atomic mass is 16.5. The number of carbonyl (C=O) groups is 2. The van der Waals surface area contributed by atoms with E-state index in [0.717, 1.165) is 17.8 Å². The van der Waals surface area contributed by atoms with Crippen molar-refractivity contribution in [2.75, 3.05) is 17.2 Å². The summed E-state index contributed by atoms with van der Waals surface area (Å²) in [5, 5.41) is 6.06. The molecule has 0 saturated heterocycles. The highest BCUT2D eigenvalue weighted by Crippen LogP contribution is 2.19. The van der Waals surface area contributed by atoms with Gasteiger partial charge in [0.1, 0.15) is 0 Å². The van der Waals surface area contributed by atoms with Gasteiger partial charge in [0.15, 0.2) is 0 Å². The van der Waals surface area contributed by atoms with Crippen molar-refractivity contribution < 1.29 is 14.3 Å². The lowest BCUT2D eigenvalue weighted by molar-refractivity contribution is 0.0526. The second-order valence-corrected chi connectivity index (χ2v) is 6.39. The Balaban J connectivity index is 1.66. The lowest BCUT2D eigenvalue weighted by Crippen LogP contribution is -2.13. The average Bonchev–Trinajstić information content (AvgIpc) is 2.75. The van der Waals surface area contributed by atoms with Crippen LogP contribution in [0.4, 0.5) is 17.1 Å². The maximum Gasteiger partial charge on any atom is 0.338 e. The summed E-state index contributed by atoms with van der Waals surface area (Å²) in [5.41, 5.74) is 4.35. The standard InChI is InChI=1S/C23H23N3O3/c1-3-16-5-9-19(10-6-16)25-21-13-18(14-24-15-21)22(27)26-20-11-7-17(8-12-20)23(28)29-4-2/h5-15,25H,3-4H2,1-2H3,(H,26,27). The lowest BCUT2D eigenvalue weighted by atomic mass is 10.1. The summed E-state index contributed by atoms with van der Waals surface area (Å²) in [4.78, 5) is 28.4. The molecule has 0 atom stereocenters. The Bertz CT molecular complexity index is 983. The maximum absolute atomic E-state index is 12.6. The molecule has 2 N–H and O–H groups in total. The molecule has 3 aromatic rings. The summed E-state index contributed by atoms with van der Waals surface area (Å²) in [7, 11) is 0. The summed E-state index contributed by atoms with van der Waals surface area (Å²) >= 11 is 0. The number of aromatic nitrogens is 1. The molecule has 0 spiro atoms. The molecule has 148 valence electrons. The van der Waals surface area contributed by atoms with E-state index in [9.17, 15) is 9.59 Å². The van der Waals surface area contributed by atoms with Crippen LogP contribution in [0.2, 0.25) is 0 Å². The number of anilines is 3. The molecule has 0 unspecified atom stereocenters. The van der Waals surface area contributed by atoms with Gasteiger partial charge >= 0.3 is 5.97 Å². The van der Waals surface area contributed by atoms with Gasteiger partial charge in [0, 0.05) is 17.6 Å². The number of nitrogens with zero attached hydrogens (tertiary/aromatic N) is 1. The Morgan fingerprint density at radius 2 is 1.55 bits per heavy atom. The van der Waals surface area contributed by atoms with E-state index in [1.165, 1.54) is 11.8 Å². The minimum absolute atomic E-state index is 0.286. The zero-order valence-electron chi connectivity index (χ0n) is 16.4. The maximum atomic E-state index is 12.6. The van der Waals surface area contributed by atoms with Crippen LogP contribution in [0.15, 0.2) is 67.0 Å². The first-order valence-electron chi connectivity index (χ1n) is 9.48. The molecule has 6 nitrogen and oxygen atoms in total. The van der Waals surface area contributed by atoms with E-state index in [1.807, 2.05) is 12.1 Å². The molecule has 1 amide bonds. The van der Waals surface area contributed by atoms with Crippen LogP contribution in [0.5, 0.6) is 0 Å². The normalized spacial score (nSPS) is 10.3. The molecule has 0 saturated carbocycles. The number of pyridine rings is 1. The molecule has 0 fully saturated rings. The molecule has 0 bridgehead atoms. The Hall–Kier alpha value is -3.67. The van der Waals surface area contributed by atoms with Crippen molar-refractivity contribution in [3.05, 3.63) is 83.7 Å². The minimum Gasteiger partial charge on any atom is -0.462 e.